The first-order valence-electron chi connectivity index (χ1n) is 4.71. The Morgan fingerprint density at radius 2 is 1.79 bits per heavy atom. The second-order valence-corrected chi connectivity index (χ2v) is 3.33. The van der Waals surface area contributed by atoms with Gasteiger partial charge in [-0.3, -0.25) is 0 Å². The first-order chi connectivity index (χ1) is 6.54. The van der Waals surface area contributed by atoms with Crippen molar-refractivity contribution >= 4 is 11.6 Å². The van der Waals surface area contributed by atoms with Gasteiger partial charge in [-0.25, -0.2) is 4.39 Å². The van der Waals surface area contributed by atoms with E-state index < -0.39 is 5.82 Å². The smallest absolute Gasteiger partial charge is 0.142 e. The van der Waals surface area contributed by atoms with Gasteiger partial charge in [0.2, 0.25) is 0 Å². The molecule has 0 bridgehead atoms. The van der Waals surface area contributed by atoms with Crippen LogP contribution in [0.15, 0.2) is 12.1 Å². The largest absolute Gasteiger partial charge is 0.508 e. The van der Waals surface area contributed by atoms with Crippen LogP contribution in [0.2, 0.25) is 5.02 Å². The zero-order chi connectivity index (χ0) is 11.3. The number of phenolic OH excluding ortho intramolecular Hbond substituents is 1. The summed E-state index contributed by atoms with van der Waals surface area (Å²) < 4.78 is 12.9. The van der Waals surface area contributed by atoms with Gasteiger partial charge >= 0.3 is 0 Å². The van der Waals surface area contributed by atoms with E-state index in [-0.39, 0.29) is 16.7 Å². The molecule has 0 heterocycles. The molecule has 0 spiro atoms. The molecule has 1 aromatic carbocycles. The molecule has 0 fully saturated rings. The van der Waals surface area contributed by atoms with Crippen LogP contribution in [0.25, 0.3) is 0 Å². The van der Waals surface area contributed by atoms with Gasteiger partial charge < -0.3 is 5.11 Å². The molecule has 0 aromatic heterocycles. The summed E-state index contributed by atoms with van der Waals surface area (Å²) in [4.78, 5) is 0. The second kappa shape index (κ2) is 5.86. The molecule has 1 aromatic rings. The molecule has 1 nitrogen and oxygen atoms in total. The lowest BCUT2D eigenvalue weighted by atomic mass is 10.0. The summed E-state index contributed by atoms with van der Waals surface area (Å²) in [7, 11) is 0. The average molecular weight is 219 g/mol. The van der Waals surface area contributed by atoms with Crippen molar-refractivity contribution in [3.63, 3.8) is 0 Å². The summed E-state index contributed by atoms with van der Waals surface area (Å²) in [5.74, 6) is -0.414. The van der Waals surface area contributed by atoms with Crippen LogP contribution in [0, 0.1) is 5.82 Å². The monoisotopic (exact) mass is 218 g/mol. The molecule has 0 aliphatic carbocycles. The van der Waals surface area contributed by atoms with Crippen LogP contribution in [-0.4, -0.2) is 5.11 Å². The fraction of sp³-hybridized carbons (Fsp3) is 0.455. The normalized spacial score (nSPS) is 9.64. The molecule has 14 heavy (non-hydrogen) atoms. The summed E-state index contributed by atoms with van der Waals surface area (Å²) >= 11 is 5.66. The van der Waals surface area contributed by atoms with Crippen LogP contribution < -0.4 is 0 Å². The molecule has 0 aliphatic heterocycles. The third-order valence-corrected chi connectivity index (χ3v) is 2.07. The van der Waals surface area contributed by atoms with Crippen molar-refractivity contribution in [3.8, 4) is 5.75 Å². The van der Waals surface area contributed by atoms with E-state index in [0.29, 0.717) is 5.56 Å². The lowest BCUT2D eigenvalue weighted by Crippen LogP contribution is -1.92. The zero-order valence-electron chi connectivity index (χ0n) is 8.94. The van der Waals surface area contributed by atoms with E-state index in [1.807, 2.05) is 27.7 Å². The molecule has 0 radical (unpaired) electrons. The van der Waals surface area contributed by atoms with Crippen molar-refractivity contribution < 1.29 is 9.50 Å². The van der Waals surface area contributed by atoms with Crippen LogP contribution in [0.3, 0.4) is 0 Å². The standard InChI is InChI=1S/C9H10ClFO.C2H6/c1-5(2)8-7(12)4-3-6(11)9(8)10;1-2/h3-5,12H,1-2H3;1-2H3. The van der Waals surface area contributed by atoms with E-state index >= 15 is 0 Å². The maximum absolute atomic E-state index is 12.9. The molecule has 0 amide bonds. The predicted octanol–water partition coefficient (Wildman–Crippen LogP) is 4.33. The van der Waals surface area contributed by atoms with Gasteiger partial charge in [0, 0.05) is 5.56 Å². The minimum absolute atomic E-state index is 0.0185. The topological polar surface area (TPSA) is 20.2 Å². The summed E-state index contributed by atoms with van der Waals surface area (Å²) in [6.07, 6.45) is 0. The van der Waals surface area contributed by atoms with Gasteiger partial charge in [-0.15, -0.1) is 0 Å². The first kappa shape index (κ1) is 13.2. The molecular weight excluding hydrogens is 203 g/mol. The van der Waals surface area contributed by atoms with E-state index in [4.69, 9.17) is 11.6 Å². The fourth-order valence-electron chi connectivity index (χ4n) is 1.11. The molecule has 80 valence electrons. The molecule has 0 atom stereocenters. The molecule has 1 N–H and O–H groups in total. The van der Waals surface area contributed by atoms with Crippen LogP contribution in [0.4, 0.5) is 4.39 Å². The van der Waals surface area contributed by atoms with Gasteiger partial charge in [-0.2, -0.15) is 0 Å². The van der Waals surface area contributed by atoms with Crippen LogP contribution in [-0.2, 0) is 0 Å². The van der Waals surface area contributed by atoms with E-state index in [9.17, 15) is 9.50 Å². The Balaban J connectivity index is 0.000000791. The Hall–Kier alpha value is -0.760. The highest BCUT2D eigenvalue weighted by atomic mass is 35.5. The highest BCUT2D eigenvalue weighted by molar-refractivity contribution is 6.31. The third kappa shape index (κ3) is 2.88. The van der Waals surface area contributed by atoms with Gasteiger partial charge in [-0.05, 0) is 18.1 Å². The predicted molar refractivity (Wildman–Crippen MR) is 58.5 cm³/mol. The van der Waals surface area contributed by atoms with Gasteiger partial charge in [-0.1, -0.05) is 39.3 Å². The minimum atomic E-state index is -0.488. The number of aromatic hydroxyl groups is 1. The Labute approximate surface area is 89.5 Å². The van der Waals surface area contributed by atoms with E-state index in [1.54, 1.807) is 0 Å². The number of hydrogen-bond acceptors (Lipinski definition) is 1. The Bertz CT molecular complexity index is 298. The number of rotatable bonds is 1. The van der Waals surface area contributed by atoms with Gasteiger partial charge in [0.25, 0.3) is 0 Å². The molecule has 3 heteroatoms. The maximum atomic E-state index is 12.9. The number of hydrogen-bond donors (Lipinski definition) is 1. The molecule has 1 rings (SSSR count). The molecule has 0 saturated carbocycles. The Morgan fingerprint density at radius 3 is 2.14 bits per heavy atom. The third-order valence-electron chi connectivity index (χ3n) is 1.69. The number of halogens is 2. The van der Waals surface area contributed by atoms with E-state index in [2.05, 4.69) is 0 Å². The quantitative estimate of drug-likeness (QED) is 0.744. The molecule has 0 saturated heterocycles. The Kier molecular flexibility index (Phi) is 5.55. The summed E-state index contributed by atoms with van der Waals surface area (Å²) in [5.41, 5.74) is 0.469. The summed E-state index contributed by atoms with van der Waals surface area (Å²) in [5, 5.41) is 9.35. The highest BCUT2D eigenvalue weighted by Crippen LogP contribution is 2.33. The number of phenols is 1. The lowest BCUT2D eigenvalue weighted by molar-refractivity contribution is 0.462. The van der Waals surface area contributed by atoms with Crippen LogP contribution >= 0.6 is 11.6 Å². The second-order valence-electron chi connectivity index (χ2n) is 2.95. The van der Waals surface area contributed by atoms with Crippen LogP contribution in [0.5, 0.6) is 5.75 Å². The van der Waals surface area contributed by atoms with Crippen molar-refractivity contribution in [2.24, 2.45) is 0 Å². The fourth-order valence-corrected chi connectivity index (χ4v) is 1.48. The molecular formula is C11H16ClFO. The number of benzene rings is 1. The molecule has 0 unspecified atom stereocenters. The van der Waals surface area contributed by atoms with Crippen molar-refractivity contribution in [2.45, 2.75) is 33.6 Å². The van der Waals surface area contributed by atoms with Crippen molar-refractivity contribution in [1.29, 1.82) is 0 Å². The van der Waals surface area contributed by atoms with Crippen LogP contribution in [0.1, 0.15) is 39.2 Å². The van der Waals surface area contributed by atoms with Gasteiger partial charge in [0.05, 0.1) is 5.02 Å². The van der Waals surface area contributed by atoms with E-state index in [0.717, 1.165) is 6.07 Å². The average Bonchev–Trinajstić information content (AvgIpc) is 2.15. The van der Waals surface area contributed by atoms with Crippen molar-refractivity contribution in [1.82, 2.24) is 0 Å². The first-order valence-corrected chi connectivity index (χ1v) is 5.08. The van der Waals surface area contributed by atoms with Gasteiger partial charge in [0.1, 0.15) is 11.6 Å². The Morgan fingerprint density at radius 1 is 1.29 bits per heavy atom. The minimum Gasteiger partial charge on any atom is -0.508 e. The molecule has 0 aliphatic rings. The summed E-state index contributed by atoms with van der Waals surface area (Å²) in [6, 6.07) is 2.47. The zero-order valence-corrected chi connectivity index (χ0v) is 9.69. The summed E-state index contributed by atoms with van der Waals surface area (Å²) in [6.45, 7) is 7.70. The van der Waals surface area contributed by atoms with Crippen molar-refractivity contribution in [2.75, 3.05) is 0 Å². The highest BCUT2D eigenvalue weighted by Gasteiger charge is 2.13. The lowest BCUT2D eigenvalue weighted by Gasteiger charge is -2.10. The van der Waals surface area contributed by atoms with Gasteiger partial charge in [0.15, 0.2) is 0 Å². The maximum Gasteiger partial charge on any atom is 0.142 e. The van der Waals surface area contributed by atoms with E-state index in [1.165, 1.54) is 6.07 Å². The SMILES string of the molecule is CC.CC(C)c1c(O)ccc(F)c1Cl. The van der Waals surface area contributed by atoms with Crippen molar-refractivity contribution in [3.05, 3.63) is 28.5 Å².